The summed E-state index contributed by atoms with van der Waals surface area (Å²) in [5, 5.41) is 0. The highest BCUT2D eigenvalue weighted by Gasteiger charge is 2.33. The van der Waals surface area contributed by atoms with Crippen molar-refractivity contribution in [3.63, 3.8) is 0 Å². The van der Waals surface area contributed by atoms with Crippen LogP contribution >= 0.6 is 10.7 Å². The molecule has 0 aromatic heterocycles. The van der Waals surface area contributed by atoms with Crippen LogP contribution in [-0.4, -0.2) is 31.8 Å². The second kappa shape index (κ2) is 5.33. The maximum absolute atomic E-state index is 13.3. The van der Waals surface area contributed by atoms with Gasteiger partial charge in [-0.2, -0.15) is 0 Å². The van der Waals surface area contributed by atoms with E-state index in [0.717, 1.165) is 24.6 Å². The van der Waals surface area contributed by atoms with Crippen LogP contribution in [0.2, 0.25) is 0 Å². The molecule has 1 saturated heterocycles. The van der Waals surface area contributed by atoms with Crippen LogP contribution in [0.25, 0.3) is 0 Å². The molecule has 1 aliphatic rings. The minimum absolute atomic E-state index is 0.00773. The van der Waals surface area contributed by atoms with E-state index in [9.17, 15) is 17.6 Å². The van der Waals surface area contributed by atoms with Gasteiger partial charge in [0.25, 0.3) is 15.0 Å². The average molecular weight is 320 g/mol. The minimum Gasteiger partial charge on any atom is -0.336 e. The van der Waals surface area contributed by atoms with Gasteiger partial charge in [0.05, 0.1) is 10.5 Å². The number of nitrogens with zero attached hydrogens (tertiary/aromatic N) is 1. The molecule has 1 fully saturated rings. The number of amides is 1. The first-order valence-electron chi connectivity index (χ1n) is 6.25. The van der Waals surface area contributed by atoms with E-state index in [2.05, 4.69) is 0 Å². The molecule has 0 saturated carbocycles. The zero-order valence-electron chi connectivity index (χ0n) is 11.1. The van der Waals surface area contributed by atoms with E-state index in [1.165, 1.54) is 0 Å². The molecular weight excluding hydrogens is 305 g/mol. The van der Waals surface area contributed by atoms with Crippen molar-refractivity contribution >= 4 is 25.6 Å². The van der Waals surface area contributed by atoms with Crippen LogP contribution in [-0.2, 0) is 9.05 Å². The Kier molecular flexibility index (Phi) is 4.07. The fourth-order valence-electron chi connectivity index (χ4n) is 2.62. The first kappa shape index (κ1) is 15.3. The van der Waals surface area contributed by atoms with Crippen molar-refractivity contribution in [3.8, 4) is 0 Å². The van der Waals surface area contributed by atoms with Gasteiger partial charge in [-0.3, -0.25) is 4.79 Å². The molecule has 0 radical (unpaired) electrons. The lowest BCUT2D eigenvalue weighted by Crippen LogP contribution is -2.34. The summed E-state index contributed by atoms with van der Waals surface area (Å²) in [6.07, 6.45) is 0.837. The van der Waals surface area contributed by atoms with E-state index in [1.54, 1.807) is 4.90 Å². The van der Waals surface area contributed by atoms with Gasteiger partial charge >= 0.3 is 0 Å². The monoisotopic (exact) mass is 319 g/mol. The van der Waals surface area contributed by atoms with Crippen molar-refractivity contribution in [2.24, 2.45) is 5.92 Å². The van der Waals surface area contributed by atoms with Crippen molar-refractivity contribution in [1.29, 1.82) is 0 Å². The average Bonchev–Trinajstić information content (AvgIpc) is 2.65. The Labute approximate surface area is 121 Å². The molecule has 4 nitrogen and oxygen atoms in total. The van der Waals surface area contributed by atoms with Gasteiger partial charge in [0.15, 0.2) is 0 Å². The zero-order valence-corrected chi connectivity index (χ0v) is 12.7. The van der Waals surface area contributed by atoms with Crippen molar-refractivity contribution in [2.45, 2.75) is 31.2 Å². The molecule has 2 atom stereocenters. The maximum Gasteiger partial charge on any atom is 0.262 e. The number of hydrogen-bond acceptors (Lipinski definition) is 3. The molecule has 2 unspecified atom stereocenters. The third-order valence-corrected chi connectivity index (χ3v) is 4.86. The molecule has 0 N–H and O–H groups in total. The van der Waals surface area contributed by atoms with Crippen LogP contribution in [0.15, 0.2) is 23.1 Å². The summed E-state index contributed by atoms with van der Waals surface area (Å²) in [5.74, 6) is -0.837. The molecule has 110 valence electrons. The van der Waals surface area contributed by atoms with Gasteiger partial charge in [0.2, 0.25) is 0 Å². The van der Waals surface area contributed by atoms with Crippen LogP contribution in [0.4, 0.5) is 4.39 Å². The predicted octanol–water partition coefficient (Wildman–Crippen LogP) is 2.62. The lowest BCUT2D eigenvalue weighted by atomic mass is 10.1. The maximum atomic E-state index is 13.3. The number of likely N-dealkylation sites (tertiary alicyclic amines) is 1. The third-order valence-electron chi connectivity index (χ3n) is 3.48. The normalized spacial score (nSPS) is 23.1. The third kappa shape index (κ3) is 2.96. The van der Waals surface area contributed by atoms with Crippen LogP contribution in [0.3, 0.4) is 0 Å². The molecule has 1 aromatic rings. The number of halogens is 2. The first-order valence-corrected chi connectivity index (χ1v) is 8.56. The van der Waals surface area contributed by atoms with E-state index in [1.807, 2.05) is 13.8 Å². The lowest BCUT2D eigenvalue weighted by molar-refractivity contribution is 0.0739. The number of carbonyl (C=O) groups excluding carboxylic acids is 1. The molecule has 0 aliphatic carbocycles. The zero-order chi connectivity index (χ0) is 15.1. The van der Waals surface area contributed by atoms with Gasteiger partial charge in [0, 0.05) is 23.3 Å². The summed E-state index contributed by atoms with van der Waals surface area (Å²) < 4.78 is 36.4. The number of carbonyl (C=O) groups is 1. The second-order valence-corrected chi connectivity index (χ2v) is 7.76. The van der Waals surface area contributed by atoms with Gasteiger partial charge in [-0.25, -0.2) is 12.8 Å². The Morgan fingerprint density at radius 3 is 2.55 bits per heavy atom. The van der Waals surface area contributed by atoms with Crippen LogP contribution < -0.4 is 0 Å². The van der Waals surface area contributed by atoms with Gasteiger partial charge in [-0.05, 0) is 37.5 Å². The molecule has 1 amide bonds. The van der Waals surface area contributed by atoms with Crippen molar-refractivity contribution < 1.29 is 17.6 Å². The van der Waals surface area contributed by atoms with E-state index < -0.39 is 20.8 Å². The predicted molar refractivity (Wildman–Crippen MR) is 73.7 cm³/mol. The van der Waals surface area contributed by atoms with E-state index in [4.69, 9.17) is 10.7 Å². The van der Waals surface area contributed by atoms with Gasteiger partial charge in [0.1, 0.15) is 5.82 Å². The Morgan fingerprint density at radius 1 is 1.40 bits per heavy atom. The molecule has 0 spiro atoms. The molecule has 20 heavy (non-hydrogen) atoms. The summed E-state index contributed by atoms with van der Waals surface area (Å²) in [6.45, 7) is 4.42. The summed E-state index contributed by atoms with van der Waals surface area (Å²) in [7, 11) is 1.21. The largest absolute Gasteiger partial charge is 0.336 e. The molecular formula is C13H15ClFNO3S. The summed E-state index contributed by atoms with van der Waals surface area (Å²) in [6, 6.07) is 2.91. The van der Waals surface area contributed by atoms with Crippen molar-refractivity contribution in [3.05, 3.63) is 29.6 Å². The Bertz CT molecular complexity index is 647. The number of hydrogen-bond donors (Lipinski definition) is 0. The SMILES string of the molecule is CC1CC(C)N(C(=O)c2cc(F)ccc2S(=O)(=O)Cl)C1. The van der Waals surface area contributed by atoms with Gasteiger partial charge < -0.3 is 4.90 Å². The fraction of sp³-hybridized carbons (Fsp3) is 0.462. The summed E-state index contributed by atoms with van der Waals surface area (Å²) >= 11 is 0. The Morgan fingerprint density at radius 2 is 2.05 bits per heavy atom. The minimum atomic E-state index is -4.10. The number of benzene rings is 1. The topological polar surface area (TPSA) is 54.5 Å². The van der Waals surface area contributed by atoms with E-state index >= 15 is 0 Å². The standard InChI is InChI=1S/C13H15ClFNO3S/c1-8-5-9(2)16(7-8)13(17)11-6-10(15)3-4-12(11)20(14,18)19/h3-4,6,8-9H,5,7H2,1-2H3. The van der Waals surface area contributed by atoms with Crippen LogP contribution in [0.1, 0.15) is 30.6 Å². The highest BCUT2D eigenvalue weighted by molar-refractivity contribution is 8.13. The van der Waals surface area contributed by atoms with Crippen molar-refractivity contribution in [2.75, 3.05) is 6.54 Å². The molecule has 1 aliphatic heterocycles. The van der Waals surface area contributed by atoms with Gasteiger partial charge in [-0.1, -0.05) is 6.92 Å². The molecule has 1 aromatic carbocycles. The highest BCUT2D eigenvalue weighted by atomic mass is 35.7. The Balaban J connectivity index is 2.47. The quantitative estimate of drug-likeness (QED) is 0.787. The van der Waals surface area contributed by atoms with Crippen LogP contribution in [0.5, 0.6) is 0 Å². The van der Waals surface area contributed by atoms with Crippen LogP contribution in [0, 0.1) is 11.7 Å². The van der Waals surface area contributed by atoms with E-state index in [0.29, 0.717) is 12.5 Å². The first-order chi connectivity index (χ1) is 9.20. The summed E-state index contributed by atoms with van der Waals surface area (Å²) in [5.41, 5.74) is -0.207. The molecule has 0 bridgehead atoms. The molecule has 1 heterocycles. The van der Waals surface area contributed by atoms with Crippen molar-refractivity contribution in [1.82, 2.24) is 4.90 Å². The highest BCUT2D eigenvalue weighted by Crippen LogP contribution is 2.28. The molecule has 2 rings (SSSR count). The van der Waals surface area contributed by atoms with E-state index in [-0.39, 0.29) is 16.5 Å². The summed E-state index contributed by atoms with van der Waals surface area (Å²) in [4.78, 5) is 13.7. The lowest BCUT2D eigenvalue weighted by Gasteiger charge is -2.22. The smallest absolute Gasteiger partial charge is 0.262 e. The van der Waals surface area contributed by atoms with Gasteiger partial charge in [-0.15, -0.1) is 0 Å². The fourth-order valence-corrected chi connectivity index (χ4v) is 3.66. The second-order valence-electron chi connectivity index (χ2n) is 5.23. The Hall–Kier alpha value is -1.14. The molecule has 7 heteroatoms. The number of rotatable bonds is 2.